The summed E-state index contributed by atoms with van der Waals surface area (Å²) >= 11 is 0. The lowest BCUT2D eigenvalue weighted by molar-refractivity contribution is 0.0897. The Bertz CT molecular complexity index is 1050. The molecular weight excluding hydrogens is 395 g/mol. The number of carbonyl (C=O) groups is 2. The molecule has 0 saturated heterocycles. The Labute approximate surface area is 171 Å². The van der Waals surface area contributed by atoms with Crippen molar-refractivity contribution in [3.05, 3.63) is 59.7 Å². The third-order valence-electron chi connectivity index (χ3n) is 4.08. The molecule has 1 heterocycles. The average Bonchev–Trinajstić information content (AvgIpc) is 3.26. The van der Waals surface area contributed by atoms with E-state index in [0.717, 1.165) is 0 Å². The molecule has 1 aromatic heterocycles. The van der Waals surface area contributed by atoms with Crippen molar-refractivity contribution < 1.29 is 28.0 Å². The van der Waals surface area contributed by atoms with Crippen molar-refractivity contribution in [1.29, 1.82) is 0 Å². The van der Waals surface area contributed by atoms with E-state index in [9.17, 15) is 14.0 Å². The fourth-order valence-electron chi connectivity index (χ4n) is 2.58. The van der Waals surface area contributed by atoms with Crippen molar-refractivity contribution in [2.24, 2.45) is 0 Å². The van der Waals surface area contributed by atoms with Crippen LogP contribution in [0.4, 0.5) is 4.39 Å². The summed E-state index contributed by atoms with van der Waals surface area (Å²) in [7, 11) is 3.02. The van der Waals surface area contributed by atoms with Gasteiger partial charge in [0.05, 0.1) is 19.8 Å². The molecule has 3 aromatic rings. The number of ether oxygens (including phenoxy) is 2. The Hall–Kier alpha value is -3.95. The van der Waals surface area contributed by atoms with E-state index in [1.54, 1.807) is 24.3 Å². The first-order chi connectivity index (χ1) is 14.5. The molecule has 0 unspecified atom stereocenters. The SMILES string of the molecule is COc1ccc(-c2noc(C(=O)NCCNC(=O)c3ccccc3F)n2)cc1OC. The van der Waals surface area contributed by atoms with E-state index in [1.165, 1.54) is 32.4 Å². The van der Waals surface area contributed by atoms with Crippen LogP contribution in [0.15, 0.2) is 47.0 Å². The van der Waals surface area contributed by atoms with Crippen LogP contribution in [0.5, 0.6) is 11.5 Å². The van der Waals surface area contributed by atoms with E-state index in [4.69, 9.17) is 14.0 Å². The van der Waals surface area contributed by atoms with Gasteiger partial charge < -0.3 is 24.6 Å². The summed E-state index contributed by atoms with van der Waals surface area (Å²) in [6.45, 7) is 0.183. The lowest BCUT2D eigenvalue weighted by atomic mass is 10.2. The first-order valence-corrected chi connectivity index (χ1v) is 8.90. The van der Waals surface area contributed by atoms with Crippen LogP contribution in [-0.2, 0) is 0 Å². The molecule has 0 saturated carbocycles. The van der Waals surface area contributed by atoms with Crippen LogP contribution in [-0.4, -0.2) is 49.3 Å². The zero-order chi connectivity index (χ0) is 21.5. The predicted molar refractivity (Wildman–Crippen MR) is 104 cm³/mol. The van der Waals surface area contributed by atoms with Crippen molar-refractivity contribution in [3.63, 3.8) is 0 Å². The van der Waals surface area contributed by atoms with Gasteiger partial charge in [-0.2, -0.15) is 4.98 Å². The Morgan fingerprint density at radius 3 is 2.40 bits per heavy atom. The molecular formula is C20H19FN4O5. The minimum Gasteiger partial charge on any atom is -0.493 e. The number of aromatic nitrogens is 2. The van der Waals surface area contributed by atoms with E-state index in [-0.39, 0.29) is 30.4 Å². The topological polar surface area (TPSA) is 116 Å². The van der Waals surface area contributed by atoms with Crippen molar-refractivity contribution >= 4 is 11.8 Å². The molecule has 0 aliphatic heterocycles. The molecule has 30 heavy (non-hydrogen) atoms. The number of rotatable bonds is 8. The smallest absolute Gasteiger partial charge is 0.316 e. The molecule has 156 valence electrons. The normalized spacial score (nSPS) is 10.4. The van der Waals surface area contributed by atoms with Gasteiger partial charge in [0.2, 0.25) is 5.82 Å². The molecule has 10 heteroatoms. The maximum atomic E-state index is 13.6. The van der Waals surface area contributed by atoms with Crippen LogP contribution in [0.1, 0.15) is 21.0 Å². The number of halogens is 1. The molecule has 0 fully saturated rings. The summed E-state index contributed by atoms with van der Waals surface area (Å²) in [5.41, 5.74) is 0.507. The maximum absolute atomic E-state index is 13.6. The minimum atomic E-state index is -0.618. The van der Waals surface area contributed by atoms with Gasteiger partial charge >= 0.3 is 11.8 Å². The molecule has 0 aliphatic rings. The Morgan fingerprint density at radius 1 is 1.00 bits per heavy atom. The van der Waals surface area contributed by atoms with Crippen molar-refractivity contribution in [3.8, 4) is 22.9 Å². The summed E-state index contributed by atoms with van der Waals surface area (Å²) < 4.78 is 29.0. The van der Waals surface area contributed by atoms with E-state index in [2.05, 4.69) is 20.8 Å². The van der Waals surface area contributed by atoms with Crippen LogP contribution in [0, 0.1) is 5.82 Å². The third-order valence-corrected chi connectivity index (χ3v) is 4.08. The highest BCUT2D eigenvalue weighted by Gasteiger charge is 2.17. The average molecular weight is 414 g/mol. The Balaban J connectivity index is 1.54. The summed E-state index contributed by atoms with van der Waals surface area (Å²) in [6.07, 6.45) is 0. The van der Waals surface area contributed by atoms with Gasteiger partial charge in [-0.15, -0.1) is 0 Å². The quantitative estimate of drug-likeness (QED) is 0.542. The van der Waals surface area contributed by atoms with E-state index in [1.807, 2.05) is 0 Å². The summed E-state index contributed by atoms with van der Waals surface area (Å²) in [4.78, 5) is 28.1. The fraction of sp³-hybridized carbons (Fsp3) is 0.200. The molecule has 0 aliphatic carbocycles. The Kier molecular flexibility index (Phi) is 6.58. The van der Waals surface area contributed by atoms with Crippen molar-refractivity contribution in [1.82, 2.24) is 20.8 Å². The summed E-state index contributed by atoms with van der Waals surface area (Å²) in [5.74, 6) is -0.802. The molecule has 3 rings (SSSR count). The Morgan fingerprint density at radius 2 is 1.70 bits per heavy atom. The van der Waals surface area contributed by atoms with E-state index < -0.39 is 17.6 Å². The molecule has 0 atom stereocenters. The third kappa shape index (κ3) is 4.72. The van der Waals surface area contributed by atoms with Crippen LogP contribution < -0.4 is 20.1 Å². The molecule has 2 aromatic carbocycles. The zero-order valence-corrected chi connectivity index (χ0v) is 16.3. The number of nitrogens with zero attached hydrogens (tertiary/aromatic N) is 2. The van der Waals surface area contributed by atoms with Gasteiger partial charge in [-0.05, 0) is 30.3 Å². The largest absolute Gasteiger partial charge is 0.493 e. The maximum Gasteiger partial charge on any atom is 0.316 e. The van der Waals surface area contributed by atoms with Crippen LogP contribution in [0.25, 0.3) is 11.4 Å². The zero-order valence-electron chi connectivity index (χ0n) is 16.3. The van der Waals surface area contributed by atoms with E-state index >= 15 is 0 Å². The monoisotopic (exact) mass is 414 g/mol. The number of hydrogen-bond donors (Lipinski definition) is 2. The highest BCUT2D eigenvalue weighted by Crippen LogP contribution is 2.31. The first kappa shape index (κ1) is 20.8. The number of carbonyl (C=O) groups excluding carboxylic acids is 2. The van der Waals surface area contributed by atoms with Crippen LogP contribution in [0.2, 0.25) is 0 Å². The van der Waals surface area contributed by atoms with Crippen molar-refractivity contribution in [2.45, 2.75) is 0 Å². The highest BCUT2D eigenvalue weighted by atomic mass is 19.1. The number of hydrogen-bond acceptors (Lipinski definition) is 7. The fourth-order valence-corrected chi connectivity index (χ4v) is 2.58. The van der Waals surface area contributed by atoms with Gasteiger partial charge in [0.1, 0.15) is 5.82 Å². The van der Waals surface area contributed by atoms with Gasteiger partial charge in [0.15, 0.2) is 11.5 Å². The van der Waals surface area contributed by atoms with Gasteiger partial charge in [-0.25, -0.2) is 4.39 Å². The number of benzene rings is 2. The lowest BCUT2D eigenvalue weighted by Crippen LogP contribution is -2.35. The minimum absolute atomic E-state index is 0.0692. The van der Waals surface area contributed by atoms with Crippen LogP contribution in [0.3, 0.4) is 0 Å². The summed E-state index contributed by atoms with van der Waals surface area (Å²) in [6, 6.07) is 10.7. The molecule has 0 radical (unpaired) electrons. The number of amides is 2. The number of methoxy groups -OCH3 is 2. The second kappa shape index (κ2) is 9.50. The summed E-state index contributed by atoms with van der Waals surface area (Å²) in [5, 5.41) is 8.84. The van der Waals surface area contributed by atoms with Gasteiger partial charge in [-0.1, -0.05) is 17.3 Å². The lowest BCUT2D eigenvalue weighted by Gasteiger charge is -2.07. The standard InChI is InChI=1S/C20H19FN4O5/c1-28-15-8-7-12(11-16(15)29-2)17-24-20(30-25-17)19(27)23-10-9-22-18(26)13-5-3-4-6-14(13)21/h3-8,11H,9-10H2,1-2H3,(H,22,26)(H,23,27). The van der Waals surface area contributed by atoms with Gasteiger partial charge in [0.25, 0.3) is 5.91 Å². The van der Waals surface area contributed by atoms with Crippen molar-refractivity contribution in [2.75, 3.05) is 27.3 Å². The second-order valence-electron chi connectivity index (χ2n) is 5.98. The molecule has 2 N–H and O–H groups in total. The van der Waals surface area contributed by atoms with Gasteiger partial charge in [0, 0.05) is 18.7 Å². The van der Waals surface area contributed by atoms with E-state index in [0.29, 0.717) is 17.1 Å². The molecule has 2 amide bonds. The first-order valence-electron chi connectivity index (χ1n) is 8.90. The molecule has 0 spiro atoms. The van der Waals surface area contributed by atoms with Crippen LogP contribution >= 0.6 is 0 Å². The highest BCUT2D eigenvalue weighted by molar-refractivity contribution is 5.94. The molecule has 9 nitrogen and oxygen atoms in total. The molecule has 0 bridgehead atoms. The predicted octanol–water partition coefficient (Wildman–Crippen LogP) is 2.05. The number of nitrogens with one attached hydrogen (secondary N) is 2. The van der Waals surface area contributed by atoms with Gasteiger partial charge in [-0.3, -0.25) is 9.59 Å². The second-order valence-corrected chi connectivity index (χ2v) is 5.98.